The van der Waals surface area contributed by atoms with Crippen molar-refractivity contribution in [2.75, 3.05) is 0 Å². The Morgan fingerprint density at radius 1 is 1.00 bits per heavy atom. The molecule has 0 aromatic rings. The van der Waals surface area contributed by atoms with Crippen LogP contribution in [0.1, 0.15) is 48.5 Å². The highest BCUT2D eigenvalue weighted by molar-refractivity contribution is 5.75. The van der Waals surface area contributed by atoms with Gasteiger partial charge in [0.2, 0.25) is 0 Å². The predicted octanol–water partition coefficient (Wildman–Crippen LogP) is 2.32. The van der Waals surface area contributed by atoms with Gasteiger partial charge in [-0.25, -0.2) is 0 Å². The van der Waals surface area contributed by atoms with E-state index in [1.807, 2.05) is 0 Å². The molecule has 0 amide bonds. The Balaban J connectivity index is 4.97. The van der Waals surface area contributed by atoms with Crippen molar-refractivity contribution < 1.29 is 0 Å². The second kappa shape index (κ2) is 3.44. The number of rotatable bonds is 2. The summed E-state index contributed by atoms with van der Waals surface area (Å²) in [4.78, 5) is 0. The normalized spacial score (nSPS) is 13.9. The molecule has 0 rings (SSSR count). The van der Waals surface area contributed by atoms with Crippen molar-refractivity contribution in [2.24, 2.45) is 16.6 Å². The van der Waals surface area contributed by atoms with E-state index in [0.717, 1.165) is 0 Å². The predicted molar refractivity (Wildman–Crippen MR) is 62.4 cm³/mol. The SMILES string of the molecule is CC(C)(C)C(C)(C)C(C)(C)NC(=N)N. The van der Waals surface area contributed by atoms with Gasteiger partial charge in [-0.15, -0.1) is 0 Å². The van der Waals surface area contributed by atoms with Crippen molar-refractivity contribution in [3.05, 3.63) is 0 Å². The first kappa shape index (κ1) is 13.3. The summed E-state index contributed by atoms with van der Waals surface area (Å²) in [6.45, 7) is 15.2. The minimum absolute atomic E-state index is 0.0334. The minimum atomic E-state index is -0.197. The van der Waals surface area contributed by atoms with Crippen LogP contribution in [0.25, 0.3) is 0 Å². The molecule has 0 aliphatic rings. The minimum Gasteiger partial charge on any atom is -0.370 e. The number of nitrogens with one attached hydrogen (secondary N) is 2. The van der Waals surface area contributed by atoms with Gasteiger partial charge in [-0.05, 0) is 24.7 Å². The molecule has 0 aromatic heterocycles. The maximum absolute atomic E-state index is 7.30. The van der Waals surface area contributed by atoms with E-state index < -0.39 is 0 Å². The lowest BCUT2D eigenvalue weighted by Gasteiger charge is -2.51. The molecule has 0 saturated heterocycles. The summed E-state index contributed by atoms with van der Waals surface area (Å²) in [5.74, 6) is 0.0346. The smallest absolute Gasteiger partial charge is 0.186 e. The monoisotopic (exact) mass is 199 g/mol. The summed E-state index contributed by atoms with van der Waals surface area (Å²) < 4.78 is 0. The first-order valence-electron chi connectivity index (χ1n) is 5.04. The highest BCUT2D eigenvalue weighted by atomic mass is 15.1. The molecule has 0 atom stereocenters. The van der Waals surface area contributed by atoms with Gasteiger partial charge in [0.15, 0.2) is 5.96 Å². The van der Waals surface area contributed by atoms with Crippen LogP contribution in [0.5, 0.6) is 0 Å². The van der Waals surface area contributed by atoms with Gasteiger partial charge in [0.1, 0.15) is 0 Å². The maximum Gasteiger partial charge on any atom is 0.186 e. The first-order chi connectivity index (χ1) is 5.92. The average Bonchev–Trinajstić information content (AvgIpc) is 1.80. The Morgan fingerprint density at radius 2 is 1.36 bits per heavy atom. The standard InChI is InChI=1S/C11H25N3/c1-9(2,3)10(4,5)11(6,7)14-8(12)13/h1-7H3,(H4,12,13,14). The molecular formula is C11H25N3. The average molecular weight is 199 g/mol. The molecule has 0 saturated carbocycles. The van der Waals surface area contributed by atoms with E-state index in [4.69, 9.17) is 11.1 Å². The van der Waals surface area contributed by atoms with Gasteiger partial charge < -0.3 is 11.1 Å². The molecular weight excluding hydrogens is 174 g/mol. The Morgan fingerprint density at radius 3 is 1.57 bits per heavy atom. The van der Waals surface area contributed by atoms with E-state index in [-0.39, 0.29) is 22.3 Å². The first-order valence-corrected chi connectivity index (χ1v) is 5.04. The molecule has 0 aliphatic carbocycles. The summed E-state index contributed by atoms with van der Waals surface area (Å²) in [5.41, 5.74) is 5.38. The van der Waals surface area contributed by atoms with Crippen LogP contribution in [0.2, 0.25) is 0 Å². The molecule has 0 bridgehead atoms. The molecule has 0 radical (unpaired) electrons. The highest BCUT2D eigenvalue weighted by Gasteiger charge is 2.45. The second-order valence-electron chi connectivity index (χ2n) is 6.04. The van der Waals surface area contributed by atoms with Crippen LogP contribution in [0.3, 0.4) is 0 Å². The molecule has 0 fully saturated rings. The van der Waals surface area contributed by atoms with Crippen LogP contribution < -0.4 is 11.1 Å². The number of nitrogens with two attached hydrogens (primary N) is 1. The van der Waals surface area contributed by atoms with Gasteiger partial charge in [-0.2, -0.15) is 0 Å². The summed E-state index contributed by atoms with van der Waals surface area (Å²) in [6, 6.07) is 0. The zero-order valence-electron chi connectivity index (χ0n) is 10.6. The third-order valence-electron chi connectivity index (χ3n) is 3.88. The molecule has 14 heavy (non-hydrogen) atoms. The van der Waals surface area contributed by atoms with Crippen LogP contribution in [0, 0.1) is 16.2 Å². The molecule has 0 aliphatic heterocycles. The van der Waals surface area contributed by atoms with Crippen LogP contribution in [-0.4, -0.2) is 11.5 Å². The molecule has 4 N–H and O–H groups in total. The molecule has 0 aromatic carbocycles. The number of guanidine groups is 1. The lowest BCUT2D eigenvalue weighted by molar-refractivity contribution is 0.0386. The molecule has 0 spiro atoms. The largest absolute Gasteiger partial charge is 0.370 e. The van der Waals surface area contributed by atoms with Crippen LogP contribution >= 0.6 is 0 Å². The number of hydrogen-bond acceptors (Lipinski definition) is 1. The van der Waals surface area contributed by atoms with Gasteiger partial charge in [0.25, 0.3) is 0 Å². The molecule has 0 heterocycles. The van der Waals surface area contributed by atoms with Crippen molar-refractivity contribution in [2.45, 2.75) is 54.0 Å². The maximum atomic E-state index is 7.30. The Bertz CT molecular complexity index is 221. The van der Waals surface area contributed by atoms with E-state index in [2.05, 4.69) is 53.8 Å². The molecule has 0 unspecified atom stereocenters. The van der Waals surface area contributed by atoms with Gasteiger partial charge in [-0.3, -0.25) is 5.41 Å². The van der Waals surface area contributed by atoms with Crippen molar-refractivity contribution in [3.63, 3.8) is 0 Å². The van der Waals surface area contributed by atoms with E-state index in [9.17, 15) is 0 Å². The van der Waals surface area contributed by atoms with Crippen LogP contribution in [0.4, 0.5) is 0 Å². The van der Waals surface area contributed by atoms with Gasteiger partial charge >= 0.3 is 0 Å². The molecule has 84 valence electrons. The van der Waals surface area contributed by atoms with E-state index >= 15 is 0 Å². The summed E-state index contributed by atoms with van der Waals surface area (Å²) in [5, 5.41) is 10.3. The third kappa shape index (κ3) is 2.40. The van der Waals surface area contributed by atoms with Crippen molar-refractivity contribution >= 4 is 5.96 Å². The van der Waals surface area contributed by atoms with E-state index in [0.29, 0.717) is 0 Å². The Labute approximate surface area is 88.0 Å². The van der Waals surface area contributed by atoms with Gasteiger partial charge in [0, 0.05) is 5.54 Å². The van der Waals surface area contributed by atoms with Crippen LogP contribution in [-0.2, 0) is 0 Å². The molecule has 3 heteroatoms. The van der Waals surface area contributed by atoms with Crippen LogP contribution in [0.15, 0.2) is 0 Å². The van der Waals surface area contributed by atoms with Crippen molar-refractivity contribution in [1.82, 2.24) is 5.32 Å². The highest BCUT2D eigenvalue weighted by Crippen LogP contribution is 2.45. The Hall–Kier alpha value is -0.730. The topological polar surface area (TPSA) is 61.9 Å². The molecule has 3 nitrogen and oxygen atoms in total. The summed E-state index contributed by atoms with van der Waals surface area (Å²) in [7, 11) is 0. The summed E-state index contributed by atoms with van der Waals surface area (Å²) in [6.07, 6.45) is 0. The zero-order valence-corrected chi connectivity index (χ0v) is 10.6. The quantitative estimate of drug-likeness (QED) is 0.472. The van der Waals surface area contributed by atoms with E-state index in [1.54, 1.807) is 0 Å². The fourth-order valence-electron chi connectivity index (χ4n) is 1.43. The van der Waals surface area contributed by atoms with Crippen molar-refractivity contribution in [3.8, 4) is 0 Å². The zero-order chi connectivity index (χ0) is 11.8. The van der Waals surface area contributed by atoms with Gasteiger partial charge in [-0.1, -0.05) is 34.6 Å². The summed E-state index contributed by atoms with van der Waals surface area (Å²) >= 11 is 0. The lowest BCUT2D eigenvalue weighted by atomic mass is 9.59. The fourth-order valence-corrected chi connectivity index (χ4v) is 1.43. The van der Waals surface area contributed by atoms with Gasteiger partial charge in [0.05, 0.1) is 0 Å². The number of hydrogen-bond donors (Lipinski definition) is 3. The lowest BCUT2D eigenvalue weighted by Crippen LogP contribution is -2.59. The fraction of sp³-hybridized carbons (Fsp3) is 0.909. The van der Waals surface area contributed by atoms with Crippen molar-refractivity contribution in [1.29, 1.82) is 5.41 Å². The third-order valence-corrected chi connectivity index (χ3v) is 3.88. The second-order valence-corrected chi connectivity index (χ2v) is 6.04. The Kier molecular flexibility index (Phi) is 3.27. The van der Waals surface area contributed by atoms with E-state index in [1.165, 1.54) is 0 Å².